The van der Waals surface area contributed by atoms with Crippen LogP contribution in [0.4, 0.5) is 0 Å². The molecule has 7 rings (SSSR count). The minimum Gasteiger partial charge on any atom is -0.469 e. The second-order valence-corrected chi connectivity index (χ2v) is 7.73. The van der Waals surface area contributed by atoms with Gasteiger partial charge >= 0.3 is 0 Å². The molecular weight excluding hydrogens is 312 g/mol. The van der Waals surface area contributed by atoms with Crippen molar-refractivity contribution in [3.8, 4) is 17.2 Å². The Morgan fingerprint density at radius 1 is 1.12 bits per heavy atom. The van der Waals surface area contributed by atoms with Crippen molar-refractivity contribution in [2.45, 2.75) is 24.9 Å². The summed E-state index contributed by atoms with van der Waals surface area (Å²) in [7, 11) is 0. The Bertz CT molecular complexity index is 938. The largest absolute Gasteiger partial charge is 0.469 e. The zero-order valence-corrected chi connectivity index (χ0v) is 14.1. The molecule has 1 atom stereocenters. The molecule has 126 valence electrons. The molecule has 3 saturated heterocycles. The topological polar surface area (TPSA) is 38.5 Å². The predicted octanol–water partition coefficient (Wildman–Crippen LogP) is 3.89. The summed E-state index contributed by atoms with van der Waals surface area (Å²) in [6, 6.07) is 12.4. The molecule has 0 aliphatic carbocycles. The first-order valence-electron chi connectivity index (χ1n) is 9.18. The molecule has 0 N–H and O–H groups in total. The van der Waals surface area contributed by atoms with Gasteiger partial charge in [-0.25, -0.2) is 4.98 Å². The number of nitrogens with zero attached hydrogens (tertiary/aromatic N) is 2. The van der Waals surface area contributed by atoms with Gasteiger partial charge in [0.05, 0.1) is 0 Å². The lowest BCUT2D eigenvalue weighted by Crippen LogP contribution is -2.61. The number of rotatable bonds is 1. The van der Waals surface area contributed by atoms with Gasteiger partial charge in [0, 0.05) is 41.6 Å². The minimum atomic E-state index is -0.0433. The van der Waals surface area contributed by atoms with Gasteiger partial charge in [0.2, 0.25) is 5.88 Å². The molecule has 3 aromatic rings. The van der Waals surface area contributed by atoms with E-state index in [4.69, 9.17) is 9.15 Å². The number of ether oxygens (including phenoxy) is 1. The van der Waals surface area contributed by atoms with Crippen LogP contribution in [0.2, 0.25) is 0 Å². The summed E-state index contributed by atoms with van der Waals surface area (Å²) in [4.78, 5) is 7.19. The highest BCUT2D eigenvalue weighted by Gasteiger charge is 2.52. The van der Waals surface area contributed by atoms with Gasteiger partial charge in [-0.15, -0.1) is 0 Å². The fourth-order valence-corrected chi connectivity index (χ4v) is 4.97. The zero-order chi connectivity index (χ0) is 16.4. The quantitative estimate of drug-likeness (QED) is 0.677. The van der Waals surface area contributed by atoms with Crippen LogP contribution in [0.25, 0.3) is 22.3 Å². The van der Waals surface area contributed by atoms with Crippen molar-refractivity contribution in [2.24, 2.45) is 5.92 Å². The molecule has 0 saturated carbocycles. The van der Waals surface area contributed by atoms with E-state index in [1.807, 2.05) is 24.4 Å². The molecular formula is C21H20N2O2. The van der Waals surface area contributed by atoms with Crippen molar-refractivity contribution in [3.63, 3.8) is 0 Å². The third kappa shape index (κ3) is 2.00. The Kier molecular flexibility index (Phi) is 2.70. The van der Waals surface area contributed by atoms with Crippen LogP contribution in [-0.4, -0.2) is 35.1 Å². The van der Waals surface area contributed by atoms with Crippen molar-refractivity contribution < 1.29 is 9.15 Å². The Hall–Kier alpha value is -2.33. The minimum absolute atomic E-state index is 0.0433. The average Bonchev–Trinajstić information content (AvgIpc) is 3.22. The van der Waals surface area contributed by atoms with E-state index >= 15 is 0 Å². The van der Waals surface area contributed by atoms with Gasteiger partial charge in [-0.1, -0.05) is 18.2 Å². The number of benzene rings is 1. The van der Waals surface area contributed by atoms with Crippen LogP contribution in [0, 0.1) is 5.92 Å². The molecule has 6 heterocycles. The monoisotopic (exact) mass is 332 g/mol. The first-order valence-corrected chi connectivity index (χ1v) is 9.18. The number of fused-ring (bicyclic) bond motifs is 4. The number of piperidine rings is 3. The molecule has 2 bridgehead atoms. The maximum absolute atomic E-state index is 6.44. The SMILES string of the molecule is c1ccc2oc(-c3cnc4c(c3)C[C@@]3(CN5CCC3CC5)O4)cc2c1. The lowest BCUT2D eigenvalue weighted by Gasteiger charge is -2.50. The molecule has 4 aliphatic heterocycles. The summed E-state index contributed by atoms with van der Waals surface area (Å²) in [5.41, 5.74) is 3.14. The first-order chi connectivity index (χ1) is 12.3. The Morgan fingerprint density at radius 2 is 2.00 bits per heavy atom. The summed E-state index contributed by atoms with van der Waals surface area (Å²) in [6.45, 7) is 3.50. The molecule has 0 radical (unpaired) electrons. The number of hydrogen-bond donors (Lipinski definition) is 0. The first kappa shape index (κ1) is 13.9. The fourth-order valence-electron chi connectivity index (χ4n) is 4.97. The summed E-state index contributed by atoms with van der Waals surface area (Å²) >= 11 is 0. The molecule has 4 heteroatoms. The zero-order valence-electron chi connectivity index (χ0n) is 14.1. The fraction of sp³-hybridized carbons (Fsp3) is 0.381. The van der Waals surface area contributed by atoms with Gasteiger partial charge in [-0.3, -0.25) is 4.90 Å². The smallest absolute Gasteiger partial charge is 0.217 e. The van der Waals surface area contributed by atoms with Crippen molar-refractivity contribution in [3.05, 3.63) is 48.2 Å². The molecule has 0 unspecified atom stereocenters. The van der Waals surface area contributed by atoms with Crippen molar-refractivity contribution in [1.29, 1.82) is 0 Å². The Morgan fingerprint density at radius 3 is 2.80 bits per heavy atom. The Balaban J connectivity index is 1.37. The number of pyridine rings is 1. The highest BCUT2D eigenvalue weighted by Crippen LogP contribution is 2.46. The summed E-state index contributed by atoms with van der Waals surface area (Å²) in [5, 5.41) is 1.13. The van der Waals surface area contributed by atoms with Crippen LogP contribution < -0.4 is 4.74 Å². The average molecular weight is 332 g/mol. The van der Waals surface area contributed by atoms with E-state index in [0.29, 0.717) is 5.92 Å². The third-order valence-corrected chi connectivity index (χ3v) is 6.25. The van der Waals surface area contributed by atoms with E-state index in [1.165, 1.54) is 31.5 Å². The maximum Gasteiger partial charge on any atom is 0.217 e. The number of hydrogen-bond acceptors (Lipinski definition) is 4. The molecule has 4 nitrogen and oxygen atoms in total. The molecule has 4 aliphatic rings. The van der Waals surface area contributed by atoms with Crippen molar-refractivity contribution in [2.75, 3.05) is 19.6 Å². The van der Waals surface area contributed by atoms with Crippen LogP contribution in [0.5, 0.6) is 5.88 Å². The molecule has 1 aromatic carbocycles. The maximum atomic E-state index is 6.44. The second-order valence-electron chi connectivity index (χ2n) is 7.73. The third-order valence-electron chi connectivity index (χ3n) is 6.25. The van der Waals surface area contributed by atoms with Crippen LogP contribution in [0.1, 0.15) is 18.4 Å². The van der Waals surface area contributed by atoms with Gasteiger partial charge in [0.15, 0.2) is 0 Å². The Labute approximate surface area is 146 Å². The summed E-state index contributed by atoms with van der Waals surface area (Å²) < 4.78 is 12.4. The molecule has 1 spiro atoms. The van der Waals surface area contributed by atoms with Gasteiger partial charge in [0.25, 0.3) is 0 Å². The van der Waals surface area contributed by atoms with Gasteiger partial charge in [-0.05, 0) is 44.1 Å². The van der Waals surface area contributed by atoms with E-state index in [-0.39, 0.29) is 5.60 Å². The molecule has 2 aromatic heterocycles. The lowest BCUT2D eigenvalue weighted by atomic mass is 9.73. The van der Waals surface area contributed by atoms with E-state index in [0.717, 1.165) is 41.1 Å². The van der Waals surface area contributed by atoms with E-state index in [2.05, 4.69) is 28.1 Å². The van der Waals surface area contributed by atoms with Crippen molar-refractivity contribution in [1.82, 2.24) is 9.88 Å². The highest BCUT2D eigenvalue weighted by molar-refractivity contribution is 5.82. The second kappa shape index (κ2) is 4.85. The lowest BCUT2D eigenvalue weighted by molar-refractivity contribution is -0.0814. The van der Waals surface area contributed by atoms with Gasteiger partial charge in [0.1, 0.15) is 16.9 Å². The molecule has 25 heavy (non-hydrogen) atoms. The van der Waals surface area contributed by atoms with Gasteiger partial charge in [-0.2, -0.15) is 0 Å². The van der Waals surface area contributed by atoms with Crippen LogP contribution in [0.15, 0.2) is 47.0 Å². The highest BCUT2D eigenvalue weighted by atomic mass is 16.5. The normalized spacial score (nSPS) is 29.9. The standard InChI is InChI=1S/C21H20N2O2/c1-2-4-18-14(3-1)10-19(24-18)16-9-15-11-21(25-20(15)22-12-16)13-23-7-5-17(21)6-8-23/h1-4,9-10,12,17H,5-8,11,13H2/t21-/m0/s1. The molecule has 0 amide bonds. The molecule has 3 fully saturated rings. The van der Waals surface area contributed by atoms with Crippen LogP contribution in [0.3, 0.4) is 0 Å². The number of furan rings is 1. The van der Waals surface area contributed by atoms with E-state index in [1.54, 1.807) is 0 Å². The summed E-state index contributed by atoms with van der Waals surface area (Å²) in [5.74, 6) is 2.38. The van der Waals surface area contributed by atoms with E-state index in [9.17, 15) is 0 Å². The number of para-hydroxylation sites is 1. The van der Waals surface area contributed by atoms with Crippen LogP contribution in [-0.2, 0) is 6.42 Å². The van der Waals surface area contributed by atoms with Crippen molar-refractivity contribution >= 4 is 11.0 Å². The van der Waals surface area contributed by atoms with Crippen LogP contribution >= 0.6 is 0 Å². The summed E-state index contributed by atoms with van der Waals surface area (Å²) in [6.07, 6.45) is 5.37. The van der Waals surface area contributed by atoms with Gasteiger partial charge < -0.3 is 9.15 Å². The predicted molar refractivity (Wildman–Crippen MR) is 95.7 cm³/mol. The number of aromatic nitrogens is 1. The van der Waals surface area contributed by atoms with E-state index < -0.39 is 0 Å².